The number of hydrogen-bond donors (Lipinski definition) is 3. The number of rotatable bonds is 5. The van der Waals surface area contributed by atoms with Crippen molar-refractivity contribution >= 4 is 21.9 Å². The van der Waals surface area contributed by atoms with Gasteiger partial charge in [-0.05, 0) is 43.2 Å². The van der Waals surface area contributed by atoms with Gasteiger partial charge in [0.05, 0.1) is 12.6 Å². The molecule has 0 saturated heterocycles. The van der Waals surface area contributed by atoms with E-state index in [2.05, 4.69) is 44.5 Å². The standard InChI is InChI=1S/C18H22BrN3O/c1-3-20-18(21-12-14-8-10-15(23)11-9-14)22-13(2)16-6-4-5-7-17(16)19/h4-11,13,23H,3,12H2,1-2H3,(H2,20,21,22). The summed E-state index contributed by atoms with van der Waals surface area (Å²) >= 11 is 3.58. The van der Waals surface area contributed by atoms with Crippen molar-refractivity contribution in [1.82, 2.24) is 10.6 Å². The highest BCUT2D eigenvalue weighted by molar-refractivity contribution is 9.10. The average molecular weight is 376 g/mol. The van der Waals surface area contributed by atoms with Gasteiger partial charge in [-0.15, -0.1) is 0 Å². The SMILES string of the molecule is CCNC(=NCc1ccc(O)cc1)NC(C)c1ccccc1Br. The van der Waals surface area contributed by atoms with Crippen molar-refractivity contribution in [3.63, 3.8) is 0 Å². The number of aliphatic imine (C=N–C) groups is 1. The molecule has 0 fully saturated rings. The predicted molar refractivity (Wildman–Crippen MR) is 98.6 cm³/mol. The zero-order valence-corrected chi connectivity index (χ0v) is 15.0. The van der Waals surface area contributed by atoms with Crippen molar-refractivity contribution in [2.45, 2.75) is 26.4 Å². The fourth-order valence-electron chi connectivity index (χ4n) is 2.20. The minimum absolute atomic E-state index is 0.128. The minimum atomic E-state index is 0.128. The summed E-state index contributed by atoms with van der Waals surface area (Å²) < 4.78 is 1.08. The number of phenols is 1. The van der Waals surface area contributed by atoms with Crippen LogP contribution < -0.4 is 10.6 Å². The summed E-state index contributed by atoms with van der Waals surface area (Å²) in [6.45, 7) is 5.50. The molecule has 5 heteroatoms. The molecule has 23 heavy (non-hydrogen) atoms. The van der Waals surface area contributed by atoms with Gasteiger partial charge >= 0.3 is 0 Å². The second-order valence-electron chi connectivity index (χ2n) is 5.25. The van der Waals surface area contributed by atoms with E-state index in [4.69, 9.17) is 0 Å². The highest BCUT2D eigenvalue weighted by atomic mass is 79.9. The van der Waals surface area contributed by atoms with E-state index < -0.39 is 0 Å². The smallest absolute Gasteiger partial charge is 0.192 e. The van der Waals surface area contributed by atoms with E-state index in [0.717, 1.165) is 22.5 Å². The lowest BCUT2D eigenvalue weighted by atomic mass is 10.1. The number of hydrogen-bond acceptors (Lipinski definition) is 2. The Labute approximate surface area is 145 Å². The second kappa shape index (κ2) is 8.58. The molecule has 0 aromatic heterocycles. The zero-order valence-electron chi connectivity index (χ0n) is 13.4. The summed E-state index contributed by atoms with van der Waals surface area (Å²) in [5.74, 6) is 1.04. The number of halogens is 1. The van der Waals surface area contributed by atoms with Gasteiger partial charge in [-0.25, -0.2) is 4.99 Å². The van der Waals surface area contributed by atoms with E-state index in [9.17, 15) is 5.11 Å². The Kier molecular flexibility index (Phi) is 6.47. The Hall–Kier alpha value is -2.01. The lowest BCUT2D eigenvalue weighted by Crippen LogP contribution is -2.38. The Bertz CT molecular complexity index is 656. The van der Waals surface area contributed by atoms with Crippen LogP contribution in [0.1, 0.15) is 31.0 Å². The van der Waals surface area contributed by atoms with E-state index in [1.54, 1.807) is 12.1 Å². The van der Waals surface area contributed by atoms with E-state index in [-0.39, 0.29) is 11.8 Å². The molecule has 2 aromatic carbocycles. The van der Waals surface area contributed by atoms with Gasteiger partial charge in [-0.2, -0.15) is 0 Å². The molecule has 0 saturated carbocycles. The molecule has 0 aliphatic carbocycles. The van der Waals surface area contributed by atoms with Crippen LogP contribution in [0.2, 0.25) is 0 Å². The van der Waals surface area contributed by atoms with Crippen LogP contribution in [0.25, 0.3) is 0 Å². The monoisotopic (exact) mass is 375 g/mol. The van der Waals surface area contributed by atoms with Crippen molar-refractivity contribution < 1.29 is 5.11 Å². The van der Waals surface area contributed by atoms with E-state index >= 15 is 0 Å². The Morgan fingerprint density at radius 3 is 2.52 bits per heavy atom. The summed E-state index contributed by atoms with van der Waals surface area (Å²) in [7, 11) is 0. The highest BCUT2D eigenvalue weighted by Gasteiger charge is 2.10. The fraction of sp³-hybridized carbons (Fsp3) is 0.278. The maximum atomic E-state index is 9.32. The molecule has 0 heterocycles. The molecule has 0 radical (unpaired) electrons. The van der Waals surface area contributed by atoms with Gasteiger partial charge in [0.25, 0.3) is 0 Å². The van der Waals surface area contributed by atoms with Gasteiger partial charge in [0.15, 0.2) is 5.96 Å². The first-order valence-corrected chi connectivity index (χ1v) is 8.46. The molecule has 0 aliphatic rings. The largest absolute Gasteiger partial charge is 0.508 e. The van der Waals surface area contributed by atoms with E-state index in [1.807, 2.05) is 37.3 Å². The third kappa shape index (κ3) is 5.28. The van der Waals surface area contributed by atoms with Crippen LogP contribution >= 0.6 is 15.9 Å². The molecule has 0 amide bonds. The first-order chi connectivity index (χ1) is 11.1. The maximum absolute atomic E-state index is 9.32. The highest BCUT2D eigenvalue weighted by Crippen LogP contribution is 2.22. The third-order valence-electron chi connectivity index (χ3n) is 3.43. The third-order valence-corrected chi connectivity index (χ3v) is 4.15. The Morgan fingerprint density at radius 1 is 1.17 bits per heavy atom. The van der Waals surface area contributed by atoms with Crippen LogP contribution in [0.4, 0.5) is 0 Å². The van der Waals surface area contributed by atoms with Crippen LogP contribution in [-0.4, -0.2) is 17.6 Å². The van der Waals surface area contributed by atoms with Crippen molar-refractivity contribution in [3.8, 4) is 5.75 Å². The van der Waals surface area contributed by atoms with Crippen LogP contribution in [0.5, 0.6) is 5.75 Å². The lowest BCUT2D eigenvalue weighted by Gasteiger charge is -2.19. The maximum Gasteiger partial charge on any atom is 0.192 e. The summed E-state index contributed by atoms with van der Waals surface area (Å²) in [6, 6.07) is 15.4. The Balaban J connectivity index is 2.07. The van der Waals surface area contributed by atoms with Gasteiger partial charge in [-0.1, -0.05) is 46.3 Å². The Morgan fingerprint density at radius 2 is 1.87 bits per heavy atom. The lowest BCUT2D eigenvalue weighted by molar-refractivity contribution is 0.475. The van der Waals surface area contributed by atoms with Gasteiger partial charge in [0.2, 0.25) is 0 Å². The molecule has 0 spiro atoms. The van der Waals surface area contributed by atoms with Crippen molar-refractivity contribution in [1.29, 1.82) is 0 Å². The molecule has 1 unspecified atom stereocenters. The molecular weight excluding hydrogens is 354 g/mol. The number of guanidine groups is 1. The zero-order chi connectivity index (χ0) is 16.7. The van der Waals surface area contributed by atoms with Crippen LogP contribution in [0.15, 0.2) is 58.0 Å². The van der Waals surface area contributed by atoms with Gasteiger partial charge in [0.1, 0.15) is 5.75 Å². The molecule has 1 atom stereocenters. The molecule has 2 rings (SSSR count). The van der Waals surface area contributed by atoms with Gasteiger partial charge in [-0.3, -0.25) is 0 Å². The molecular formula is C18H22BrN3O. The first kappa shape index (κ1) is 17.3. The predicted octanol–water partition coefficient (Wildman–Crippen LogP) is 3.97. The molecule has 122 valence electrons. The molecule has 3 N–H and O–H groups in total. The van der Waals surface area contributed by atoms with Crippen LogP contribution in [0.3, 0.4) is 0 Å². The molecule has 2 aromatic rings. The molecule has 0 aliphatic heterocycles. The normalized spacial score (nSPS) is 12.7. The van der Waals surface area contributed by atoms with Crippen LogP contribution in [0, 0.1) is 0 Å². The van der Waals surface area contributed by atoms with Gasteiger partial charge < -0.3 is 15.7 Å². The number of nitrogens with one attached hydrogen (secondary N) is 2. The number of benzene rings is 2. The summed E-state index contributed by atoms with van der Waals surface area (Å²) in [5.41, 5.74) is 2.23. The quantitative estimate of drug-likeness (QED) is 0.547. The number of aromatic hydroxyl groups is 1. The number of phenolic OH excluding ortho intramolecular Hbond substituents is 1. The summed E-state index contributed by atoms with van der Waals surface area (Å²) in [5, 5.41) is 16.0. The van der Waals surface area contributed by atoms with Crippen molar-refractivity contribution in [2.75, 3.05) is 6.54 Å². The van der Waals surface area contributed by atoms with Gasteiger partial charge in [0, 0.05) is 11.0 Å². The topological polar surface area (TPSA) is 56.7 Å². The second-order valence-corrected chi connectivity index (χ2v) is 6.10. The minimum Gasteiger partial charge on any atom is -0.508 e. The average Bonchev–Trinajstić information content (AvgIpc) is 2.54. The van der Waals surface area contributed by atoms with Crippen molar-refractivity contribution in [2.24, 2.45) is 4.99 Å². The van der Waals surface area contributed by atoms with E-state index in [0.29, 0.717) is 6.54 Å². The number of nitrogens with zero attached hydrogens (tertiary/aromatic N) is 1. The molecule has 0 bridgehead atoms. The summed E-state index contributed by atoms with van der Waals surface area (Å²) in [4.78, 5) is 4.61. The van der Waals surface area contributed by atoms with Crippen molar-refractivity contribution in [3.05, 3.63) is 64.1 Å². The van der Waals surface area contributed by atoms with Crippen LogP contribution in [-0.2, 0) is 6.54 Å². The molecule has 4 nitrogen and oxygen atoms in total. The summed E-state index contributed by atoms with van der Waals surface area (Å²) in [6.07, 6.45) is 0. The van der Waals surface area contributed by atoms with E-state index in [1.165, 1.54) is 5.56 Å². The fourth-order valence-corrected chi connectivity index (χ4v) is 2.83. The first-order valence-electron chi connectivity index (χ1n) is 7.67.